The third-order valence-electron chi connectivity index (χ3n) is 4.32. The highest BCUT2D eigenvalue weighted by molar-refractivity contribution is 5.74. The molecule has 3 rings (SSSR count). The molecule has 3 aliphatic carbocycles. The second-order valence-electron chi connectivity index (χ2n) is 6.22. The SMILES string of the molecule is O=C(NC1CCCC1)N(CC1CC1)CC1CC1. The van der Waals surface area contributed by atoms with E-state index in [1.807, 2.05) is 0 Å². The predicted octanol–water partition coefficient (Wildman–Crippen LogP) is 2.76. The van der Waals surface area contributed by atoms with E-state index >= 15 is 0 Å². The Morgan fingerprint density at radius 1 is 0.941 bits per heavy atom. The average Bonchev–Trinajstić information content (AvgIpc) is 3.23. The van der Waals surface area contributed by atoms with E-state index in [9.17, 15) is 4.79 Å². The standard InChI is InChI=1S/C14H24N2O/c17-14(15-13-3-1-2-4-13)16(9-11-5-6-11)10-12-7-8-12/h11-13H,1-10H2,(H,15,17). The zero-order chi connectivity index (χ0) is 11.7. The van der Waals surface area contributed by atoms with Crippen molar-refractivity contribution in [3.63, 3.8) is 0 Å². The molecular formula is C14H24N2O. The molecule has 0 aromatic carbocycles. The highest BCUT2D eigenvalue weighted by atomic mass is 16.2. The Bertz CT molecular complexity index is 264. The van der Waals surface area contributed by atoms with Crippen LogP contribution in [0.2, 0.25) is 0 Å². The normalized spacial score (nSPS) is 24.9. The quantitative estimate of drug-likeness (QED) is 0.782. The van der Waals surface area contributed by atoms with Crippen molar-refractivity contribution >= 4 is 6.03 Å². The first-order valence-corrected chi connectivity index (χ1v) is 7.36. The van der Waals surface area contributed by atoms with E-state index < -0.39 is 0 Å². The predicted molar refractivity (Wildman–Crippen MR) is 67.8 cm³/mol. The van der Waals surface area contributed by atoms with Gasteiger partial charge in [-0.2, -0.15) is 0 Å². The lowest BCUT2D eigenvalue weighted by atomic mass is 10.2. The van der Waals surface area contributed by atoms with Crippen molar-refractivity contribution in [1.29, 1.82) is 0 Å². The van der Waals surface area contributed by atoms with E-state index in [4.69, 9.17) is 0 Å². The van der Waals surface area contributed by atoms with Gasteiger partial charge in [-0.05, 0) is 50.4 Å². The molecule has 0 heterocycles. The molecular weight excluding hydrogens is 212 g/mol. The highest BCUT2D eigenvalue weighted by Crippen LogP contribution is 2.33. The van der Waals surface area contributed by atoms with Crippen LogP contribution in [-0.4, -0.2) is 30.1 Å². The molecule has 0 aromatic heterocycles. The van der Waals surface area contributed by atoms with E-state index in [-0.39, 0.29) is 6.03 Å². The molecule has 0 atom stereocenters. The topological polar surface area (TPSA) is 32.3 Å². The van der Waals surface area contributed by atoms with Gasteiger partial charge in [0.05, 0.1) is 0 Å². The van der Waals surface area contributed by atoms with Gasteiger partial charge in [-0.1, -0.05) is 12.8 Å². The first-order valence-electron chi connectivity index (χ1n) is 7.36. The van der Waals surface area contributed by atoms with Crippen molar-refractivity contribution in [3.8, 4) is 0 Å². The van der Waals surface area contributed by atoms with Gasteiger partial charge < -0.3 is 10.2 Å². The maximum atomic E-state index is 12.2. The van der Waals surface area contributed by atoms with Crippen LogP contribution in [0.1, 0.15) is 51.4 Å². The second-order valence-corrected chi connectivity index (χ2v) is 6.22. The Morgan fingerprint density at radius 3 is 1.94 bits per heavy atom. The molecule has 0 saturated heterocycles. The summed E-state index contributed by atoms with van der Waals surface area (Å²) in [6.45, 7) is 2.02. The molecule has 3 heteroatoms. The summed E-state index contributed by atoms with van der Waals surface area (Å²) in [6, 6.07) is 0.680. The molecule has 17 heavy (non-hydrogen) atoms. The number of hydrogen-bond donors (Lipinski definition) is 1. The Labute approximate surface area is 104 Å². The summed E-state index contributed by atoms with van der Waals surface area (Å²) >= 11 is 0. The van der Waals surface area contributed by atoms with Crippen LogP contribution >= 0.6 is 0 Å². The molecule has 1 N–H and O–H groups in total. The lowest BCUT2D eigenvalue weighted by Gasteiger charge is -2.25. The number of carbonyl (C=O) groups is 1. The van der Waals surface area contributed by atoms with Crippen molar-refractivity contribution < 1.29 is 4.79 Å². The smallest absolute Gasteiger partial charge is 0.317 e. The molecule has 3 saturated carbocycles. The van der Waals surface area contributed by atoms with Gasteiger partial charge in [-0.15, -0.1) is 0 Å². The van der Waals surface area contributed by atoms with Crippen LogP contribution in [0.5, 0.6) is 0 Å². The van der Waals surface area contributed by atoms with Crippen LogP contribution in [-0.2, 0) is 0 Å². The fraction of sp³-hybridized carbons (Fsp3) is 0.929. The summed E-state index contributed by atoms with van der Waals surface area (Å²) in [5.74, 6) is 1.62. The van der Waals surface area contributed by atoms with E-state index in [1.165, 1.54) is 51.4 Å². The Morgan fingerprint density at radius 2 is 1.47 bits per heavy atom. The van der Waals surface area contributed by atoms with Gasteiger partial charge in [0.25, 0.3) is 0 Å². The number of amides is 2. The minimum Gasteiger partial charge on any atom is -0.335 e. The minimum absolute atomic E-state index is 0.218. The molecule has 3 nitrogen and oxygen atoms in total. The zero-order valence-electron chi connectivity index (χ0n) is 10.7. The first-order chi connectivity index (χ1) is 8.31. The lowest BCUT2D eigenvalue weighted by Crippen LogP contribution is -2.45. The second kappa shape index (κ2) is 4.87. The van der Waals surface area contributed by atoms with Crippen LogP contribution in [0.25, 0.3) is 0 Å². The fourth-order valence-electron chi connectivity index (χ4n) is 2.80. The Kier molecular flexibility index (Phi) is 3.26. The summed E-state index contributed by atoms with van der Waals surface area (Å²) in [5.41, 5.74) is 0. The van der Waals surface area contributed by atoms with Crippen molar-refractivity contribution in [2.24, 2.45) is 11.8 Å². The largest absolute Gasteiger partial charge is 0.335 e. The van der Waals surface area contributed by atoms with Gasteiger partial charge in [-0.3, -0.25) is 0 Å². The number of urea groups is 1. The highest BCUT2D eigenvalue weighted by Gasteiger charge is 2.32. The van der Waals surface area contributed by atoms with Gasteiger partial charge in [0.1, 0.15) is 0 Å². The molecule has 2 amide bonds. The third kappa shape index (κ3) is 3.36. The molecule has 0 aliphatic heterocycles. The minimum atomic E-state index is 0.218. The van der Waals surface area contributed by atoms with E-state index in [2.05, 4.69) is 10.2 Å². The van der Waals surface area contributed by atoms with Crippen LogP contribution < -0.4 is 5.32 Å². The van der Waals surface area contributed by atoms with Gasteiger partial charge in [0.2, 0.25) is 0 Å². The van der Waals surface area contributed by atoms with Crippen LogP contribution in [0, 0.1) is 11.8 Å². The van der Waals surface area contributed by atoms with Gasteiger partial charge in [0.15, 0.2) is 0 Å². The van der Waals surface area contributed by atoms with Gasteiger partial charge >= 0.3 is 6.03 Å². The number of carbonyl (C=O) groups excluding carboxylic acids is 1. The average molecular weight is 236 g/mol. The van der Waals surface area contributed by atoms with Gasteiger partial charge in [0, 0.05) is 19.1 Å². The number of nitrogens with zero attached hydrogens (tertiary/aromatic N) is 1. The lowest BCUT2D eigenvalue weighted by molar-refractivity contribution is 0.188. The van der Waals surface area contributed by atoms with E-state index in [1.54, 1.807) is 0 Å². The maximum absolute atomic E-state index is 12.2. The maximum Gasteiger partial charge on any atom is 0.317 e. The third-order valence-corrected chi connectivity index (χ3v) is 4.32. The molecule has 96 valence electrons. The summed E-state index contributed by atoms with van der Waals surface area (Å²) in [5, 5.41) is 3.23. The summed E-state index contributed by atoms with van der Waals surface area (Å²) in [7, 11) is 0. The fourth-order valence-corrected chi connectivity index (χ4v) is 2.80. The van der Waals surface area contributed by atoms with Crippen LogP contribution in [0.3, 0.4) is 0 Å². The summed E-state index contributed by atoms with van der Waals surface area (Å²) < 4.78 is 0. The van der Waals surface area contributed by atoms with Crippen LogP contribution in [0.15, 0.2) is 0 Å². The zero-order valence-corrected chi connectivity index (χ0v) is 10.7. The molecule has 3 aliphatic rings. The van der Waals surface area contributed by atoms with Crippen molar-refractivity contribution in [2.75, 3.05) is 13.1 Å². The molecule has 3 fully saturated rings. The van der Waals surface area contributed by atoms with E-state index in [0.29, 0.717) is 6.04 Å². The van der Waals surface area contributed by atoms with Crippen molar-refractivity contribution in [2.45, 2.75) is 57.4 Å². The molecule has 0 aromatic rings. The molecule has 0 bridgehead atoms. The Hall–Kier alpha value is -0.730. The number of hydrogen-bond acceptors (Lipinski definition) is 1. The van der Waals surface area contributed by atoms with Crippen molar-refractivity contribution in [1.82, 2.24) is 10.2 Å². The van der Waals surface area contributed by atoms with Gasteiger partial charge in [-0.25, -0.2) is 4.79 Å². The van der Waals surface area contributed by atoms with E-state index in [0.717, 1.165) is 24.9 Å². The summed E-state index contributed by atoms with van der Waals surface area (Å²) in [6.07, 6.45) is 10.3. The molecule has 0 unspecified atom stereocenters. The van der Waals surface area contributed by atoms with Crippen LogP contribution in [0.4, 0.5) is 4.79 Å². The molecule has 0 radical (unpaired) electrons. The Balaban J connectivity index is 1.49. The summed E-state index contributed by atoms with van der Waals surface area (Å²) in [4.78, 5) is 14.3. The first kappa shape index (κ1) is 11.4. The molecule has 0 spiro atoms. The number of nitrogens with one attached hydrogen (secondary N) is 1. The van der Waals surface area contributed by atoms with Crippen molar-refractivity contribution in [3.05, 3.63) is 0 Å². The monoisotopic (exact) mass is 236 g/mol. The number of rotatable bonds is 5.